The summed E-state index contributed by atoms with van der Waals surface area (Å²) in [4.78, 5) is 0.412. The maximum atomic E-state index is 12.9. The maximum absolute atomic E-state index is 12.9. The van der Waals surface area contributed by atoms with Crippen LogP contribution in [0.1, 0.15) is 41.2 Å². The fraction of sp³-hybridized carbons (Fsp3) is 0.400. The normalized spacial score (nSPS) is 13.0. The Morgan fingerprint density at radius 3 is 1.96 bits per heavy atom. The molecule has 1 N–H and O–H groups in total. The van der Waals surface area contributed by atoms with E-state index >= 15 is 0 Å². The molecule has 1 unspecified atom stereocenters. The minimum Gasteiger partial charge on any atom is -0.208 e. The third-order valence-corrected chi connectivity index (χ3v) is 6.12. The highest BCUT2D eigenvalue weighted by atomic mass is 32.2. The molecule has 130 valence electrons. The van der Waals surface area contributed by atoms with Crippen molar-refractivity contribution < 1.29 is 8.42 Å². The first-order chi connectivity index (χ1) is 11.2. The first-order valence-electron chi connectivity index (χ1n) is 8.38. The van der Waals surface area contributed by atoms with E-state index in [2.05, 4.69) is 29.0 Å². The summed E-state index contributed by atoms with van der Waals surface area (Å²) in [5, 5.41) is 0. The summed E-state index contributed by atoms with van der Waals surface area (Å²) in [6.45, 7) is 9.75. The molecule has 0 fully saturated rings. The zero-order valence-electron chi connectivity index (χ0n) is 15.2. The lowest BCUT2D eigenvalue weighted by Crippen LogP contribution is -2.36. The fourth-order valence-electron chi connectivity index (χ4n) is 3.15. The van der Waals surface area contributed by atoms with Gasteiger partial charge >= 0.3 is 0 Å². The van der Waals surface area contributed by atoms with E-state index in [0.29, 0.717) is 11.3 Å². The van der Waals surface area contributed by atoms with Crippen molar-refractivity contribution in [2.75, 3.05) is 0 Å². The lowest BCUT2D eigenvalue weighted by atomic mass is 10.0. The molecule has 3 nitrogen and oxygen atoms in total. The molecule has 0 spiro atoms. The zero-order valence-corrected chi connectivity index (χ0v) is 16.0. The molecular formula is C20H27NO2S. The molecule has 2 rings (SSSR count). The van der Waals surface area contributed by atoms with Gasteiger partial charge in [-0.05, 0) is 57.2 Å². The quantitative estimate of drug-likeness (QED) is 0.852. The van der Waals surface area contributed by atoms with Crippen molar-refractivity contribution in [1.82, 2.24) is 4.72 Å². The van der Waals surface area contributed by atoms with Gasteiger partial charge < -0.3 is 0 Å². The first kappa shape index (κ1) is 18.7. The van der Waals surface area contributed by atoms with Gasteiger partial charge in [-0.3, -0.25) is 0 Å². The molecule has 0 aliphatic rings. The van der Waals surface area contributed by atoms with Crippen molar-refractivity contribution in [3.8, 4) is 0 Å². The van der Waals surface area contributed by atoms with Crippen LogP contribution >= 0.6 is 0 Å². The van der Waals surface area contributed by atoms with Gasteiger partial charge in [0, 0.05) is 6.04 Å². The number of nitrogens with one attached hydrogen (secondary N) is 1. The van der Waals surface area contributed by atoms with Crippen LogP contribution in [0.4, 0.5) is 0 Å². The second kappa shape index (κ2) is 7.49. The van der Waals surface area contributed by atoms with Crippen molar-refractivity contribution in [3.63, 3.8) is 0 Å². The Morgan fingerprint density at radius 2 is 1.46 bits per heavy atom. The van der Waals surface area contributed by atoms with E-state index in [1.807, 2.05) is 46.8 Å². The van der Waals surface area contributed by atoms with Crippen LogP contribution in [-0.4, -0.2) is 14.5 Å². The smallest absolute Gasteiger partial charge is 0.208 e. The topological polar surface area (TPSA) is 46.2 Å². The number of rotatable bonds is 6. The Bertz CT molecular complexity index is 785. The second-order valence-corrected chi connectivity index (χ2v) is 8.29. The molecule has 2 aromatic rings. The molecule has 0 heterocycles. The Hall–Kier alpha value is -1.65. The minimum absolute atomic E-state index is 0.113. The maximum Gasteiger partial charge on any atom is 0.241 e. The second-order valence-electron chi connectivity index (χ2n) is 6.64. The molecular weight excluding hydrogens is 318 g/mol. The lowest BCUT2D eigenvalue weighted by molar-refractivity contribution is 0.536. The number of sulfonamides is 1. The van der Waals surface area contributed by atoms with Gasteiger partial charge in [-0.2, -0.15) is 0 Å². The average molecular weight is 346 g/mol. The van der Waals surface area contributed by atoms with Gasteiger partial charge in [0.25, 0.3) is 0 Å². The number of hydrogen-bond acceptors (Lipinski definition) is 2. The Balaban J connectivity index is 2.25. The van der Waals surface area contributed by atoms with Crippen LogP contribution < -0.4 is 4.72 Å². The van der Waals surface area contributed by atoms with Crippen molar-refractivity contribution in [3.05, 3.63) is 64.2 Å². The van der Waals surface area contributed by atoms with E-state index in [9.17, 15) is 8.42 Å². The van der Waals surface area contributed by atoms with Crippen molar-refractivity contribution in [1.29, 1.82) is 0 Å². The van der Waals surface area contributed by atoms with Crippen LogP contribution in [0.15, 0.2) is 41.3 Å². The standard InChI is InChI=1S/C20H27NO2S/c1-6-19(13-18-9-7-14(2)8-10-18)21-24(22,23)20-16(4)11-15(3)12-17(20)5/h7-12,19,21H,6,13H2,1-5H3. The number of aryl methyl sites for hydroxylation is 4. The molecule has 0 aliphatic carbocycles. The van der Waals surface area contributed by atoms with Crippen LogP contribution in [-0.2, 0) is 16.4 Å². The van der Waals surface area contributed by atoms with Crippen LogP contribution in [0.3, 0.4) is 0 Å². The largest absolute Gasteiger partial charge is 0.241 e. The third-order valence-electron chi connectivity index (χ3n) is 4.29. The van der Waals surface area contributed by atoms with Gasteiger partial charge in [0.15, 0.2) is 0 Å². The van der Waals surface area contributed by atoms with E-state index in [0.717, 1.165) is 28.7 Å². The number of hydrogen-bond donors (Lipinski definition) is 1. The van der Waals surface area contributed by atoms with Crippen molar-refractivity contribution >= 4 is 10.0 Å². The molecule has 0 aliphatic heterocycles. The van der Waals surface area contributed by atoms with Gasteiger partial charge in [-0.15, -0.1) is 0 Å². The molecule has 0 radical (unpaired) electrons. The summed E-state index contributed by atoms with van der Waals surface area (Å²) in [7, 11) is -3.53. The van der Waals surface area contributed by atoms with Crippen LogP contribution in [0, 0.1) is 27.7 Å². The Labute approximate surface area is 146 Å². The minimum atomic E-state index is -3.53. The molecule has 1 atom stereocenters. The summed E-state index contributed by atoms with van der Waals surface area (Å²) < 4.78 is 28.7. The van der Waals surface area contributed by atoms with E-state index in [4.69, 9.17) is 0 Å². The van der Waals surface area contributed by atoms with Gasteiger partial charge in [0.1, 0.15) is 0 Å². The summed E-state index contributed by atoms with van der Waals surface area (Å²) in [5.41, 5.74) is 5.02. The molecule has 2 aromatic carbocycles. The first-order valence-corrected chi connectivity index (χ1v) is 9.87. The Kier molecular flexibility index (Phi) is 5.83. The summed E-state index contributed by atoms with van der Waals surface area (Å²) in [5.74, 6) is 0. The Morgan fingerprint density at radius 1 is 0.917 bits per heavy atom. The summed E-state index contributed by atoms with van der Waals surface area (Å²) in [6, 6.07) is 12.0. The van der Waals surface area contributed by atoms with Gasteiger partial charge in [0.05, 0.1) is 4.90 Å². The predicted molar refractivity (Wildman–Crippen MR) is 99.9 cm³/mol. The molecule has 24 heavy (non-hydrogen) atoms. The van der Waals surface area contributed by atoms with Gasteiger partial charge in [-0.25, -0.2) is 13.1 Å². The highest BCUT2D eigenvalue weighted by Gasteiger charge is 2.23. The molecule has 0 aromatic heterocycles. The van der Waals surface area contributed by atoms with Crippen LogP contribution in [0.25, 0.3) is 0 Å². The lowest BCUT2D eigenvalue weighted by Gasteiger charge is -2.20. The molecule has 0 saturated heterocycles. The SMILES string of the molecule is CCC(Cc1ccc(C)cc1)NS(=O)(=O)c1c(C)cc(C)cc1C. The highest BCUT2D eigenvalue weighted by Crippen LogP contribution is 2.22. The van der Waals surface area contributed by atoms with E-state index in [1.54, 1.807) is 0 Å². The van der Waals surface area contributed by atoms with E-state index in [1.165, 1.54) is 5.56 Å². The molecule has 4 heteroatoms. The monoisotopic (exact) mass is 345 g/mol. The summed E-state index contributed by atoms with van der Waals surface area (Å²) in [6.07, 6.45) is 1.44. The van der Waals surface area contributed by atoms with Crippen molar-refractivity contribution in [2.45, 2.75) is 58.4 Å². The van der Waals surface area contributed by atoms with Gasteiger partial charge in [-0.1, -0.05) is 54.4 Å². The summed E-state index contributed by atoms with van der Waals surface area (Å²) >= 11 is 0. The van der Waals surface area contributed by atoms with Crippen LogP contribution in [0.5, 0.6) is 0 Å². The third kappa shape index (κ3) is 4.46. The fourth-order valence-corrected chi connectivity index (χ4v) is 4.92. The van der Waals surface area contributed by atoms with Crippen LogP contribution in [0.2, 0.25) is 0 Å². The zero-order chi connectivity index (χ0) is 17.9. The number of benzene rings is 2. The highest BCUT2D eigenvalue weighted by molar-refractivity contribution is 7.89. The molecule has 0 bridgehead atoms. The predicted octanol–water partition coefficient (Wildman–Crippen LogP) is 4.22. The average Bonchev–Trinajstić information content (AvgIpc) is 2.47. The van der Waals surface area contributed by atoms with Crippen molar-refractivity contribution in [2.24, 2.45) is 0 Å². The molecule has 0 saturated carbocycles. The van der Waals surface area contributed by atoms with E-state index < -0.39 is 10.0 Å². The van der Waals surface area contributed by atoms with Gasteiger partial charge in [0.2, 0.25) is 10.0 Å². The van der Waals surface area contributed by atoms with E-state index in [-0.39, 0.29) is 6.04 Å². The molecule has 0 amide bonds.